The van der Waals surface area contributed by atoms with Gasteiger partial charge in [0.15, 0.2) is 0 Å². The normalized spacial score (nSPS) is 24.3. The number of amides is 1. The van der Waals surface area contributed by atoms with E-state index in [9.17, 15) is 4.79 Å². The Labute approximate surface area is 66.3 Å². The van der Waals surface area contributed by atoms with Crippen LogP contribution in [0.5, 0.6) is 0 Å². The van der Waals surface area contributed by atoms with E-state index >= 15 is 0 Å². The third kappa shape index (κ3) is 1.60. The topological polar surface area (TPSA) is 40.5 Å². The Bertz CT molecular complexity index is 167. The molecular formula is C8H13NO2. The molecule has 1 aliphatic heterocycles. The second kappa shape index (κ2) is 3.53. The largest absolute Gasteiger partial charge is 0.395 e. The first-order valence-electron chi connectivity index (χ1n) is 3.82. The molecule has 1 amide bonds. The van der Waals surface area contributed by atoms with E-state index in [1.807, 2.05) is 0 Å². The van der Waals surface area contributed by atoms with Crippen LogP contribution in [0.4, 0.5) is 0 Å². The average molecular weight is 155 g/mol. The molecule has 3 nitrogen and oxygen atoms in total. The van der Waals surface area contributed by atoms with E-state index in [-0.39, 0.29) is 18.6 Å². The SMILES string of the molecule is C=C[C@@H]1CCC(=O)N1CCO. The Kier molecular flexibility index (Phi) is 2.65. The van der Waals surface area contributed by atoms with Gasteiger partial charge in [0.2, 0.25) is 5.91 Å². The number of aliphatic hydroxyl groups is 1. The van der Waals surface area contributed by atoms with Gasteiger partial charge in [-0.15, -0.1) is 6.58 Å². The molecule has 3 heteroatoms. The van der Waals surface area contributed by atoms with Crippen LogP contribution < -0.4 is 0 Å². The van der Waals surface area contributed by atoms with E-state index < -0.39 is 0 Å². The fraction of sp³-hybridized carbons (Fsp3) is 0.625. The first-order valence-corrected chi connectivity index (χ1v) is 3.82. The van der Waals surface area contributed by atoms with Crippen LogP contribution in [0.3, 0.4) is 0 Å². The van der Waals surface area contributed by atoms with Crippen LogP contribution in [0.25, 0.3) is 0 Å². The van der Waals surface area contributed by atoms with E-state index in [2.05, 4.69) is 6.58 Å². The third-order valence-electron chi connectivity index (χ3n) is 1.99. The highest BCUT2D eigenvalue weighted by Gasteiger charge is 2.27. The first-order chi connectivity index (χ1) is 5.29. The Balaban J connectivity index is 2.55. The molecule has 1 atom stereocenters. The lowest BCUT2D eigenvalue weighted by molar-refractivity contribution is -0.128. The van der Waals surface area contributed by atoms with Crippen LogP contribution in [0, 0.1) is 0 Å². The molecule has 0 aromatic carbocycles. The number of likely N-dealkylation sites (tertiary alicyclic amines) is 1. The highest BCUT2D eigenvalue weighted by Crippen LogP contribution is 2.18. The molecule has 1 fully saturated rings. The van der Waals surface area contributed by atoms with Crippen molar-refractivity contribution in [3.05, 3.63) is 12.7 Å². The van der Waals surface area contributed by atoms with Gasteiger partial charge in [0, 0.05) is 13.0 Å². The van der Waals surface area contributed by atoms with E-state index in [1.54, 1.807) is 11.0 Å². The molecule has 1 saturated heterocycles. The monoisotopic (exact) mass is 155 g/mol. The standard InChI is InChI=1S/C8H13NO2/c1-2-7-3-4-8(11)9(7)5-6-10/h2,7,10H,1,3-6H2/t7-/m1/s1. The summed E-state index contributed by atoms with van der Waals surface area (Å²) in [4.78, 5) is 12.8. The molecule has 62 valence electrons. The third-order valence-corrected chi connectivity index (χ3v) is 1.99. The first kappa shape index (κ1) is 8.27. The highest BCUT2D eigenvalue weighted by atomic mass is 16.3. The van der Waals surface area contributed by atoms with Gasteiger partial charge in [-0.3, -0.25) is 4.79 Å². The van der Waals surface area contributed by atoms with Crippen molar-refractivity contribution in [1.29, 1.82) is 0 Å². The summed E-state index contributed by atoms with van der Waals surface area (Å²) in [6, 6.07) is 0.148. The van der Waals surface area contributed by atoms with Gasteiger partial charge < -0.3 is 10.0 Å². The number of carbonyl (C=O) groups is 1. The predicted octanol–water partition coefficient (Wildman–Crippen LogP) is 0.156. The summed E-state index contributed by atoms with van der Waals surface area (Å²) in [5, 5.41) is 8.63. The number of nitrogens with zero attached hydrogens (tertiary/aromatic N) is 1. The summed E-state index contributed by atoms with van der Waals surface area (Å²) in [5.74, 6) is 0.129. The molecule has 0 spiro atoms. The Morgan fingerprint density at radius 1 is 1.82 bits per heavy atom. The average Bonchev–Trinajstić information content (AvgIpc) is 2.34. The van der Waals surface area contributed by atoms with Crippen molar-refractivity contribution in [2.45, 2.75) is 18.9 Å². The molecule has 0 bridgehead atoms. The number of aliphatic hydroxyl groups excluding tert-OH is 1. The minimum absolute atomic E-state index is 0.0378. The molecule has 1 aliphatic rings. The van der Waals surface area contributed by atoms with Gasteiger partial charge >= 0.3 is 0 Å². The van der Waals surface area contributed by atoms with E-state index in [1.165, 1.54) is 0 Å². The van der Waals surface area contributed by atoms with Gasteiger partial charge in [0.1, 0.15) is 0 Å². The van der Waals surface area contributed by atoms with Crippen LogP contribution in [-0.4, -0.2) is 35.1 Å². The summed E-state index contributed by atoms with van der Waals surface area (Å²) in [6.07, 6.45) is 3.21. The molecule has 11 heavy (non-hydrogen) atoms. The van der Waals surface area contributed by atoms with Crippen molar-refractivity contribution in [3.63, 3.8) is 0 Å². The molecular weight excluding hydrogens is 142 g/mol. The summed E-state index contributed by atoms with van der Waals surface area (Å²) in [6.45, 7) is 4.11. The minimum Gasteiger partial charge on any atom is -0.395 e. The number of hydrogen-bond acceptors (Lipinski definition) is 2. The van der Waals surface area contributed by atoms with E-state index in [0.29, 0.717) is 13.0 Å². The molecule has 1 rings (SSSR count). The fourth-order valence-electron chi connectivity index (χ4n) is 1.40. The van der Waals surface area contributed by atoms with Crippen molar-refractivity contribution in [2.24, 2.45) is 0 Å². The predicted molar refractivity (Wildman–Crippen MR) is 42.0 cm³/mol. The molecule has 0 aromatic heterocycles. The van der Waals surface area contributed by atoms with Gasteiger partial charge in [0.25, 0.3) is 0 Å². The Hall–Kier alpha value is -0.830. The second-order valence-electron chi connectivity index (χ2n) is 2.65. The van der Waals surface area contributed by atoms with Crippen LogP contribution in [0.2, 0.25) is 0 Å². The summed E-state index contributed by atoms with van der Waals surface area (Å²) < 4.78 is 0. The van der Waals surface area contributed by atoms with E-state index in [0.717, 1.165) is 6.42 Å². The zero-order valence-corrected chi connectivity index (χ0v) is 6.49. The zero-order valence-electron chi connectivity index (χ0n) is 6.49. The Morgan fingerprint density at radius 3 is 3.09 bits per heavy atom. The van der Waals surface area contributed by atoms with Crippen LogP contribution in [-0.2, 0) is 4.79 Å². The molecule has 0 unspecified atom stereocenters. The number of β-amino-alcohol motifs (C(OH)–C–C–N with tert-alkyl or cyclic N) is 1. The van der Waals surface area contributed by atoms with Gasteiger partial charge in [-0.1, -0.05) is 6.08 Å². The lowest BCUT2D eigenvalue weighted by atomic mass is 10.2. The lowest BCUT2D eigenvalue weighted by Gasteiger charge is -2.20. The van der Waals surface area contributed by atoms with Crippen LogP contribution >= 0.6 is 0 Å². The quantitative estimate of drug-likeness (QED) is 0.589. The van der Waals surface area contributed by atoms with Gasteiger partial charge in [0.05, 0.1) is 12.6 Å². The summed E-state index contributed by atoms with van der Waals surface area (Å²) in [7, 11) is 0. The maximum Gasteiger partial charge on any atom is 0.223 e. The van der Waals surface area contributed by atoms with Crippen LogP contribution in [0.15, 0.2) is 12.7 Å². The molecule has 0 aromatic rings. The molecule has 0 radical (unpaired) electrons. The number of hydrogen-bond donors (Lipinski definition) is 1. The zero-order chi connectivity index (χ0) is 8.27. The Morgan fingerprint density at radius 2 is 2.55 bits per heavy atom. The van der Waals surface area contributed by atoms with Crippen molar-refractivity contribution >= 4 is 5.91 Å². The fourth-order valence-corrected chi connectivity index (χ4v) is 1.40. The highest BCUT2D eigenvalue weighted by molar-refractivity contribution is 5.79. The molecule has 0 aliphatic carbocycles. The van der Waals surface area contributed by atoms with Crippen molar-refractivity contribution in [2.75, 3.05) is 13.2 Å². The second-order valence-corrected chi connectivity index (χ2v) is 2.65. The summed E-state index contributed by atoms with van der Waals surface area (Å²) in [5.41, 5.74) is 0. The van der Waals surface area contributed by atoms with Crippen molar-refractivity contribution in [1.82, 2.24) is 4.90 Å². The number of carbonyl (C=O) groups excluding carboxylic acids is 1. The molecule has 0 saturated carbocycles. The van der Waals surface area contributed by atoms with Gasteiger partial charge in [-0.25, -0.2) is 0 Å². The summed E-state index contributed by atoms with van der Waals surface area (Å²) >= 11 is 0. The van der Waals surface area contributed by atoms with Gasteiger partial charge in [-0.05, 0) is 6.42 Å². The minimum atomic E-state index is 0.0378. The van der Waals surface area contributed by atoms with Crippen molar-refractivity contribution in [3.8, 4) is 0 Å². The van der Waals surface area contributed by atoms with E-state index in [4.69, 9.17) is 5.11 Å². The van der Waals surface area contributed by atoms with Crippen LogP contribution in [0.1, 0.15) is 12.8 Å². The van der Waals surface area contributed by atoms with Crippen molar-refractivity contribution < 1.29 is 9.90 Å². The molecule has 1 heterocycles. The number of rotatable bonds is 3. The lowest BCUT2D eigenvalue weighted by Crippen LogP contribution is -2.33. The smallest absolute Gasteiger partial charge is 0.223 e. The molecule has 1 N–H and O–H groups in total. The maximum absolute atomic E-state index is 11.1. The van der Waals surface area contributed by atoms with Gasteiger partial charge in [-0.2, -0.15) is 0 Å². The maximum atomic E-state index is 11.1.